The lowest BCUT2D eigenvalue weighted by Crippen LogP contribution is -2.52. The van der Waals surface area contributed by atoms with E-state index in [-0.39, 0.29) is 35.5 Å². The van der Waals surface area contributed by atoms with Crippen LogP contribution in [-0.4, -0.2) is 76.5 Å². The summed E-state index contributed by atoms with van der Waals surface area (Å²) in [5, 5.41) is 1.08. The van der Waals surface area contributed by atoms with E-state index in [0.717, 1.165) is 59.2 Å². The van der Waals surface area contributed by atoms with Crippen molar-refractivity contribution in [3.05, 3.63) is 59.9 Å². The summed E-state index contributed by atoms with van der Waals surface area (Å²) in [5.41, 5.74) is 3.14. The standard InChI is InChI=1S/C35H40N4O4/c1-22(2)32(40)37-16-13-35(14-17-37)34(42)39(21-24-12-15-38(20-24)33(41)27-8-9-27)31(36-35)26-6-4-25(5-7-26)28-10-11-30-29(19-28)18-23(3)43-30/h4-7,10-11,18-19,22,24,27H,8-9,12-17,20-21H2,1-3H3/t24-/m1/s1. The highest BCUT2D eigenvalue weighted by molar-refractivity contribution is 6.15. The smallest absolute Gasteiger partial charge is 0.256 e. The second kappa shape index (κ2) is 10.6. The maximum absolute atomic E-state index is 14.2. The number of amidine groups is 1. The normalized spacial score (nSPS) is 21.9. The summed E-state index contributed by atoms with van der Waals surface area (Å²) in [4.78, 5) is 50.6. The van der Waals surface area contributed by atoms with Crippen molar-refractivity contribution in [1.29, 1.82) is 0 Å². The molecule has 3 aliphatic heterocycles. The van der Waals surface area contributed by atoms with Crippen LogP contribution in [0.2, 0.25) is 0 Å². The summed E-state index contributed by atoms with van der Waals surface area (Å²) >= 11 is 0. The van der Waals surface area contributed by atoms with Crippen LogP contribution in [0.3, 0.4) is 0 Å². The van der Waals surface area contributed by atoms with Gasteiger partial charge in [-0.25, -0.2) is 0 Å². The zero-order valence-electron chi connectivity index (χ0n) is 25.3. The second-order valence-corrected chi connectivity index (χ2v) is 13.3. The van der Waals surface area contributed by atoms with Crippen molar-refractivity contribution in [1.82, 2.24) is 14.7 Å². The minimum atomic E-state index is -0.839. The lowest BCUT2D eigenvalue weighted by Gasteiger charge is -2.37. The Morgan fingerprint density at radius 1 is 0.930 bits per heavy atom. The number of piperidine rings is 1. The zero-order valence-corrected chi connectivity index (χ0v) is 25.3. The van der Waals surface area contributed by atoms with Gasteiger partial charge in [0.05, 0.1) is 0 Å². The number of hydrogen-bond donors (Lipinski definition) is 0. The number of aryl methyl sites for hydroxylation is 1. The Kier molecular flexibility index (Phi) is 6.90. The first-order valence-electron chi connectivity index (χ1n) is 15.8. The van der Waals surface area contributed by atoms with Crippen LogP contribution in [0.5, 0.6) is 0 Å². The van der Waals surface area contributed by atoms with Crippen LogP contribution >= 0.6 is 0 Å². The van der Waals surface area contributed by atoms with Crippen molar-refractivity contribution in [3.63, 3.8) is 0 Å². The third kappa shape index (κ3) is 5.15. The number of aliphatic imine (C=N–C) groups is 1. The summed E-state index contributed by atoms with van der Waals surface area (Å²) in [6.07, 6.45) is 3.97. The molecule has 0 bridgehead atoms. The monoisotopic (exact) mass is 580 g/mol. The molecule has 2 saturated heterocycles. The fourth-order valence-corrected chi connectivity index (χ4v) is 7.03. The van der Waals surface area contributed by atoms with Gasteiger partial charge in [-0.1, -0.05) is 44.2 Å². The molecule has 2 aromatic carbocycles. The molecule has 1 spiro atoms. The van der Waals surface area contributed by atoms with Crippen LogP contribution in [0, 0.1) is 24.7 Å². The minimum Gasteiger partial charge on any atom is -0.461 e. The average Bonchev–Trinajstić information content (AvgIpc) is 3.56. The molecule has 4 aliphatic rings. The van der Waals surface area contributed by atoms with Gasteiger partial charge < -0.3 is 14.2 Å². The van der Waals surface area contributed by atoms with Crippen LogP contribution < -0.4 is 0 Å². The summed E-state index contributed by atoms with van der Waals surface area (Å²) in [7, 11) is 0. The van der Waals surface area contributed by atoms with Crippen molar-refractivity contribution in [2.45, 2.75) is 58.4 Å². The predicted molar refractivity (Wildman–Crippen MR) is 165 cm³/mol. The largest absolute Gasteiger partial charge is 0.461 e. The van der Waals surface area contributed by atoms with Gasteiger partial charge in [-0.15, -0.1) is 0 Å². The Hall–Kier alpha value is -3.94. The molecule has 8 nitrogen and oxygen atoms in total. The Labute approximate surface area is 252 Å². The van der Waals surface area contributed by atoms with Gasteiger partial charge in [-0.2, -0.15) is 0 Å². The molecule has 3 aromatic rings. The molecule has 0 unspecified atom stereocenters. The lowest BCUT2D eigenvalue weighted by molar-refractivity contribution is -0.140. The van der Waals surface area contributed by atoms with E-state index in [2.05, 4.69) is 36.4 Å². The van der Waals surface area contributed by atoms with E-state index in [9.17, 15) is 14.4 Å². The Balaban J connectivity index is 1.15. The number of carbonyl (C=O) groups excluding carboxylic acids is 3. The first-order valence-corrected chi connectivity index (χ1v) is 15.8. The molecule has 7 rings (SSSR count). The van der Waals surface area contributed by atoms with Gasteiger partial charge in [0.15, 0.2) is 0 Å². The van der Waals surface area contributed by atoms with Crippen molar-refractivity contribution in [2.24, 2.45) is 22.7 Å². The molecule has 4 heterocycles. The molecule has 3 fully saturated rings. The number of amides is 3. The maximum atomic E-state index is 14.2. The van der Waals surface area contributed by atoms with E-state index in [1.54, 1.807) is 0 Å². The predicted octanol–water partition coefficient (Wildman–Crippen LogP) is 5.27. The molecular formula is C35H40N4O4. The number of furan rings is 1. The number of likely N-dealkylation sites (tertiary alicyclic amines) is 2. The zero-order chi connectivity index (χ0) is 29.9. The molecule has 43 heavy (non-hydrogen) atoms. The van der Waals surface area contributed by atoms with Crippen LogP contribution in [0.25, 0.3) is 22.1 Å². The SMILES string of the molecule is Cc1cc2cc(-c3ccc(C4=NC5(CCN(C(=O)C(C)C)CC5)C(=O)N4C[C@@H]4CCN(C(=O)C5CC5)C4)cc3)ccc2o1. The van der Waals surface area contributed by atoms with Gasteiger partial charge in [0, 0.05) is 55.5 Å². The van der Waals surface area contributed by atoms with Crippen LogP contribution in [0.15, 0.2) is 57.9 Å². The van der Waals surface area contributed by atoms with Crippen molar-refractivity contribution >= 4 is 34.5 Å². The molecule has 0 radical (unpaired) electrons. The summed E-state index contributed by atoms with van der Waals surface area (Å²) < 4.78 is 5.75. The molecule has 1 atom stereocenters. The molecule has 1 saturated carbocycles. The van der Waals surface area contributed by atoms with Crippen LogP contribution in [-0.2, 0) is 14.4 Å². The molecule has 8 heteroatoms. The van der Waals surface area contributed by atoms with Crippen LogP contribution in [0.1, 0.15) is 57.3 Å². The molecular weight excluding hydrogens is 540 g/mol. The molecule has 0 N–H and O–H groups in total. The maximum Gasteiger partial charge on any atom is 0.256 e. The molecule has 3 amide bonds. The second-order valence-electron chi connectivity index (χ2n) is 13.3. The average molecular weight is 581 g/mol. The summed E-state index contributed by atoms with van der Waals surface area (Å²) in [5.74, 6) is 2.42. The first kappa shape index (κ1) is 27.9. The van der Waals surface area contributed by atoms with Gasteiger partial charge in [0.1, 0.15) is 22.7 Å². The first-order chi connectivity index (χ1) is 20.7. The highest BCUT2D eigenvalue weighted by Gasteiger charge is 2.51. The van der Waals surface area contributed by atoms with Crippen molar-refractivity contribution in [3.8, 4) is 11.1 Å². The number of rotatable bonds is 6. The van der Waals surface area contributed by atoms with E-state index in [4.69, 9.17) is 9.41 Å². The fraction of sp³-hybridized carbons (Fsp3) is 0.486. The summed E-state index contributed by atoms with van der Waals surface area (Å²) in [6.45, 7) is 8.89. The number of benzene rings is 2. The van der Waals surface area contributed by atoms with E-state index >= 15 is 0 Å². The third-order valence-electron chi connectivity index (χ3n) is 9.70. The Morgan fingerprint density at radius 3 is 2.33 bits per heavy atom. The lowest BCUT2D eigenvalue weighted by atomic mass is 9.87. The third-order valence-corrected chi connectivity index (χ3v) is 9.70. The topological polar surface area (TPSA) is 86.4 Å². The fourth-order valence-electron chi connectivity index (χ4n) is 7.03. The molecule has 1 aliphatic carbocycles. The van der Waals surface area contributed by atoms with Gasteiger partial charge in [-0.3, -0.25) is 24.3 Å². The Morgan fingerprint density at radius 2 is 1.63 bits per heavy atom. The number of nitrogens with zero attached hydrogens (tertiary/aromatic N) is 4. The van der Waals surface area contributed by atoms with Gasteiger partial charge in [-0.05, 0) is 74.3 Å². The minimum absolute atomic E-state index is 0.0379. The van der Waals surface area contributed by atoms with E-state index in [0.29, 0.717) is 44.9 Å². The van der Waals surface area contributed by atoms with Gasteiger partial charge in [0.2, 0.25) is 11.8 Å². The van der Waals surface area contributed by atoms with Crippen molar-refractivity contribution in [2.75, 3.05) is 32.7 Å². The summed E-state index contributed by atoms with van der Waals surface area (Å²) in [6, 6.07) is 16.6. The Bertz CT molecular complexity index is 1610. The number of fused-ring (bicyclic) bond motifs is 1. The number of carbonyl (C=O) groups is 3. The highest BCUT2D eigenvalue weighted by Crippen LogP contribution is 2.38. The molecule has 1 aromatic heterocycles. The highest BCUT2D eigenvalue weighted by atomic mass is 16.3. The molecule has 224 valence electrons. The number of hydrogen-bond acceptors (Lipinski definition) is 5. The van der Waals surface area contributed by atoms with E-state index in [1.165, 1.54) is 0 Å². The van der Waals surface area contributed by atoms with Crippen molar-refractivity contribution < 1.29 is 18.8 Å². The van der Waals surface area contributed by atoms with Crippen LogP contribution in [0.4, 0.5) is 0 Å². The quantitative estimate of drug-likeness (QED) is 0.398. The van der Waals surface area contributed by atoms with Gasteiger partial charge >= 0.3 is 0 Å². The van der Waals surface area contributed by atoms with E-state index < -0.39 is 5.54 Å². The van der Waals surface area contributed by atoms with E-state index in [1.807, 2.05) is 47.6 Å². The van der Waals surface area contributed by atoms with Gasteiger partial charge in [0.25, 0.3) is 5.91 Å².